The molecule has 0 bridgehead atoms. The molecular formula is C18H26BrNO2. The quantitative estimate of drug-likeness (QED) is 0.625. The Hall–Kier alpha value is -1.16. The summed E-state index contributed by atoms with van der Waals surface area (Å²) in [6.45, 7) is 12.9. The summed E-state index contributed by atoms with van der Waals surface area (Å²) < 4.78 is 0. The molecule has 0 fully saturated rings. The van der Waals surface area contributed by atoms with Crippen LogP contribution in [0, 0.1) is 0 Å². The van der Waals surface area contributed by atoms with Crippen molar-refractivity contribution in [3.05, 3.63) is 29.3 Å². The van der Waals surface area contributed by atoms with Gasteiger partial charge in [0.25, 0.3) is 0 Å². The lowest BCUT2D eigenvalue weighted by atomic mass is 9.80. The number of rotatable bonds is 4. The largest absolute Gasteiger partial charge is 0.326 e. The van der Waals surface area contributed by atoms with Crippen molar-refractivity contribution < 1.29 is 9.59 Å². The van der Waals surface area contributed by atoms with Crippen LogP contribution in [0.2, 0.25) is 0 Å². The summed E-state index contributed by atoms with van der Waals surface area (Å²) in [7, 11) is 0. The Labute approximate surface area is 142 Å². The summed E-state index contributed by atoms with van der Waals surface area (Å²) in [6, 6.07) is 6.18. The summed E-state index contributed by atoms with van der Waals surface area (Å²) in [5, 5.41) is 3.06. The normalized spacial score (nSPS) is 12.1. The number of alkyl halides is 1. The topological polar surface area (TPSA) is 46.2 Å². The smallest absolute Gasteiger partial charge is 0.231 e. The van der Waals surface area contributed by atoms with E-state index in [1.54, 1.807) is 0 Å². The number of Topliss-reactive ketones (excluding diaryl/α,β-unsaturated/α-hetero) is 1. The van der Waals surface area contributed by atoms with Crippen LogP contribution < -0.4 is 5.32 Å². The molecule has 0 heterocycles. The number of carbonyl (C=O) groups excluding carboxylic acids is 2. The molecule has 1 aromatic rings. The first-order chi connectivity index (χ1) is 9.93. The van der Waals surface area contributed by atoms with Crippen molar-refractivity contribution >= 4 is 33.3 Å². The van der Waals surface area contributed by atoms with Gasteiger partial charge in [-0.05, 0) is 34.1 Å². The molecule has 122 valence electrons. The van der Waals surface area contributed by atoms with E-state index in [0.717, 1.165) is 5.69 Å². The highest BCUT2D eigenvalue weighted by Crippen LogP contribution is 2.32. The van der Waals surface area contributed by atoms with Crippen LogP contribution in [0.1, 0.15) is 59.1 Å². The van der Waals surface area contributed by atoms with E-state index in [2.05, 4.69) is 68.9 Å². The summed E-state index contributed by atoms with van der Waals surface area (Å²) in [5.41, 5.74) is 3.08. The molecule has 1 aromatic carbocycles. The molecular weight excluding hydrogens is 342 g/mol. The number of ketones is 1. The second-order valence-corrected chi connectivity index (χ2v) is 8.26. The molecule has 0 radical (unpaired) electrons. The third-order valence-corrected chi connectivity index (χ3v) is 4.08. The van der Waals surface area contributed by atoms with Gasteiger partial charge in [-0.2, -0.15) is 0 Å². The Balaban J connectivity index is 3.14. The fraction of sp³-hybridized carbons (Fsp3) is 0.556. The Kier molecular flexibility index (Phi) is 5.96. The Morgan fingerprint density at radius 1 is 0.955 bits per heavy atom. The van der Waals surface area contributed by atoms with Crippen LogP contribution in [0.15, 0.2) is 18.2 Å². The predicted octanol–water partition coefficient (Wildman–Crippen LogP) is 4.57. The maximum atomic E-state index is 12.0. The fourth-order valence-corrected chi connectivity index (χ4v) is 2.20. The number of anilines is 1. The van der Waals surface area contributed by atoms with Crippen molar-refractivity contribution in [1.82, 2.24) is 0 Å². The van der Waals surface area contributed by atoms with E-state index in [-0.39, 0.29) is 34.3 Å². The third kappa shape index (κ3) is 5.56. The first-order valence-electron chi connectivity index (χ1n) is 7.47. The molecule has 4 heteroatoms. The highest BCUT2D eigenvalue weighted by molar-refractivity contribution is 9.09. The molecule has 0 unspecified atom stereocenters. The molecule has 0 saturated carbocycles. The molecule has 3 nitrogen and oxygen atoms in total. The molecule has 0 aliphatic rings. The standard InChI is InChI=1S/C18H26BrNO2/c1-17(2,3)12-7-13(18(4,5)6)9-14(8-12)20-16(22)10-15(21)11-19/h7-9H,10-11H2,1-6H3,(H,20,22). The number of halogens is 1. The summed E-state index contributed by atoms with van der Waals surface area (Å²) in [6.07, 6.45) is -0.101. The Morgan fingerprint density at radius 3 is 1.77 bits per heavy atom. The van der Waals surface area contributed by atoms with Gasteiger partial charge < -0.3 is 5.32 Å². The van der Waals surface area contributed by atoms with Crippen LogP contribution in [0.3, 0.4) is 0 Å². The lowest BCUT2D eigenvalue weighted by Gasteiger charge is -2.26. The molecule has 1 amide bonds. The molecule has 1 N–H and O–H groups in total. The van der Waals surface area contributed by atoms with Gasteiger partial charge in [-0.1, -0.05) is 63.5 Å². The van der Waals surface area contributed by atoms with E-state index in [4.69, 9.17) is 0 Å². The second kappa shape index (κ2) is 6.95. The van der Waals surface area contributed by atoms with Gasteiger partial charge in [0, 0.05) is 5.69 Å². The Bertz CT molecular complexity index is 533. The number of nitrogens with one attached hydrogen (secondary N) is 1. The molecule has 1 rings (SSSR count). The fourth-order valence-electron chi connectivity index (χ4n) is 2.00. The zero-order chi connectivity index (χ0) is 17.1. The van der Waals surface area contributed by atoms with Crippen LogP contribution in [-0.4, -0.2) is 17.0 Å². The average Bonchev–Trinajstić information content (AvgIpc) is 2.35. The molecule has 0 saturated heterocycles. The van der Waals surface area contributed by atoms with E-state index in [0.29, 0.717) is 0 Å². The van der Waals surface area contributed by atoms with E-state index in [9.17, 15) is 9.59 Å². The molecule has 22 heavy (non-hydrogen) atoms. The monoisotopic (exact) mass is 367 g/mol. The molecule has 0 aliphatic heterocycles. The summed E-state index contributed by atoms with van der Waals surface area (Å²) >= 11 is 3.07. The van der Waals surface area contributed by atoms with Crippen molar-refractivity contribution in [2.24, 2.45) is 0 Å². The first kappa shape index (κ1) is 18.9. The van der Waals surface area contributed by atoms with Gasteiger partial charge in [-0.15, -0.1) is 0 Å². The van der Waals surface area contributed by atoms with E-state index in [1.807, 2.05) is 12.1 Å². The maximum absolute atomic E-state index is 12.0. The maximum Gasteiger partial charge on any atom is 0.231 e. The van der Waals surface area contributed by atoms with Gasteiger partial charge in [-0.3, -0.25) is 9.59 Å². The molecule has 0 aromatic heterocycles. The highest BCUT2D eigenvalue weighted by Gasteiger charge is 2.21. The number of hydrogen-bond donors (Lipinski definition) is 1. The van der Waals surface area contributed by atoms with Crippen LogP contribution in [0.5, 0.6) is 0 Å². The Morgan fingerprint density at radius 2 is 1.41 bits per heavy atom. The highest BCUT2D eigenvalue weighted by atomic mass is 79.9. The minimum Gasteiger partial charge on any atom is -0.326 e. The van der Waals surface area contributed by atoms with Crippen LogP contribution >= 0.6 is 15.9 Å². The van der Waals surface area contributed by atoms with Gasteiger partial charge in [0.2, 0.25) is 5.91 Å². The zero-order valence-corrected chi connectivity index (χ0v) is 15.9. The van der Waals surface area contributed by atoms with Gasteiger partial charge in [-0.25, -0.2) is 0 Å². The van der Waals surface area contributed by atoms with E-state index in [1.165, 1.54) is 11.1 Å². The van der Waals surface area contributed by atoms with Crippen LogP contribution in [0.4, 0.5) is 5.69 Å². The molecule has 0 atom stereocenters. The number of amides is 1. The van der Waals surface area contributed by atoms with E-state index >= 15 is 0 Å². The number of carbonyl (C=O) groups is 2. The first-order valence-corrected chi connectivity index (χ1v) is 8.59. The van der Waals surface area contributed by atoms with Crippen molar-refractivity contribution in [2.75, 3.05) is 10.6 Å². The average molecular weight is 368 g/mol. The van der Waals surface area contributed by atoms with Crippen LogP contribution in [-0.2, 0) is 20.4 Å². The molecule has 0 aliphatic carbocycles. The van der Waals surface area contributed by atoms with Crippen molar-refractivity contribution in [3.8, 4) is 0 Å². The summed E-state index contributed by atoms with van der Waals surface area (Å²) in [5.74, 6) is -0.393. The van der Waals surface area contributed by atoms with Crippen molar-refractivity contribution in [3.63, 3.8) is 0 Å². The minimum atomic E-state index is -0.268. The number of benzene rings is 1. The zero-order valence-electron chi connectivity index (χ0n) is 14.3. The van der Waals surface area contributed by atoms with Crippen molar-refractivity contribution in [1.29, 1.82) is 0 Å². The predicted molar refractivity (Wildman–Crippen MR) is 95.9 cm³/mol. The minimum absolute atomic E-state index is 0.00752. The van der Waals surface area contributed by atoms with Gasteiger partial charge >= 0.3 is 0 Å². The SMILES string of the molecule is CC(C)(C)c1cc(NC(=O)CC(=O)CBr)cc(C(C)(C)C)c1. The van der Waals surface area contributed by atoms with Gasteiger partial charge in [0.15, 0.2) is 5.78 Å². The second-order valence-electron chi connectivity index (χ2n) is 7.70. The lowest BCUT2D eigenvalue weighted by Crippen LogP contribution is -2.20. The van der Waals surface area contributed by atoms with Crippen LogP contribution in [0.25, 0.3) is 0 Å². The third-order valence-electron chi connectivity index (χ3n) is 3.46. The number of hydrogen-bond acceptors (Lipinski definition) is 2. The summed E-state index contributed by atoms with van der Waals surface area (Å²) in [4.78, 5) is 23.3. The van der Waals surface area contributed by atoms with Gasteiger partial charge in [0.05, 0.1) is 11.8 Å². The van der Waals surface area contributed by atoms with E-state index < -0.39 is 0 Å². The molecule has 0 spiro atoms. The van der Waals surface area contributed by atoms with Crippen molar-refractivity contribution in [2.45, 2.75) is 58.8 Å². The lowest BCUT2D eigenvalue weighted by molar-refractivity contribution is -0.123. The van der Waals surface area contributed by atoms with Gasteiger partial charge in [0.1, 0.15) is 0 Å².